The number of carbonyl (C=O) groups is 1. The quantitative estimate of drug-likeness (QED) is 0.791. The maximum Gasteiger partial charge on any atom is 0.259 e. The predicted octanol–water partition coefficient (Wildman–Crippen LogP) is 1.48. The van der Waals surface area contributed by atoms with Gasteiger partial charge in [0.15, 0.2) is 5.82 Å². The van der Waals surface area contributed by atoms with E-state index < -0.39 is 0 Å². The van der Waals surface area contributed by atoms with E-state index >= 15 is 0 Å². The van der Waals surface area contributed by atoms with Crippen LogP contribution >= 0.6 is 0 Å². The SMILES string of the molecule is Cc1nn(C)c(C)c1C(=O)Nc1cccc(-c2nnnn2C)c1. The molecule has 2 heterocycles. The van der Waals surface area contributed by atoms with E-state index in [4.69, 9.17) is 0 Å². The highest BCUT2D eigenvalue weighted by molar-refractivity contribution is 6.06. The molecule has 118 valence electrons. The highest BCUT2D eigenvalue weighted by atomic mass is 16.1. The van der Waals surface area contributed by atoms with Gasteiger partial charge in [0, 0.05) is 31.0 Å². The van der Waals surface area contributed by atoms with Crippen molar-refractivity contribution in [1.29, 1.82) is 0 Å². The Morgan fingerprint density at radius 2 is 1.96 bits per heavy atom. The minimum absolute atomic E-state index is 0.179. The Hall–Kier alpha value is -3.03. The van der Waals surface area contributed by atoms with E-state index in [9.17, 15) is 4.79 Å². The number of rotatable bonds is 3. The minimum atomic E-state index is -0.179. The maximum atomic E-state index is 12.5. The number of aromatic nitrogens is 6. The summed E-state index contributed by atoms with van der Waals surface area (Å²) >= 11 is 0. The van der Waals surface area contributed by atoms with Crippen LogP contribution in [-0.2, 0) is 14.1 Å². The van der Waals surface area contributed by atoms with Crippen LogP contribution in [0.4, 0.5) is 5.69 Å². The number of amides is 1. The second-order valence-corrected chi connectivity index (χ2v) is 5.33. The second-order valence-electron chi connectivity index (χ2n) is 5.33. The molecule has 0 unspecified atom stereocenters. The van der Waals surface area contributed by atoms with Crippen molar-refractivity contribution in [1.82, 2.24) is 30.0 Å². The average molecular weight is 311 g/mol. The monoisotopic (exact) mass is 311 g/mol. The summed E-state index contributed by atoms with van der Waals surface area (Å²) in [6.07, 6.45) is 0. The third-order valence-corrected chi connectivity index (χ3v) is 3.73. The van der Waals surface area contributed by atoms with Gasteiger partial charge < -0.3 is 5.32 Å². The Bertz CT molecular complexity index is 878. The molecule has 0 saturated carbocycles. The van der Waals surface area contributed by atoms with E-state index in [2.05, 4.69) is 25.9 Å². The highest BCUT2D eigenvalue weighted by Gasteiger charge is 2.17. The molecular weight excluding hydrogens is 294 g/mol. The number of carbonyl (C=O) groups excluding carboxylic acids is 1. The van der Waals surface area contributed by atoms with Crippen molar-refractivity contribution in [3.8, 4) is 11.4 Å². The topological polar surface area (TPSA) is 90.5 Å². The van der Waals surface area contributed by atoms with Crippen LogP contribution in [0.25, 0.3) is 11.4 Å². The number of hydrogen-bond donors (Lipinski definition) is 1. The summed E-state index contributed by atoms with van der Waals surface area (Å²) in [4.78, 5) is 12.5. The van der Waals surface area contributed by atoms with Gasteiger partial charge in [0.1, 0.15) is 0 Å². The third kappa shape index (κ3) is 2.70. The van der Waals surface area contributed by atoms with Crippen molar-refractivity contribution in [2.24, 2.45) is 14.1 Å². The lowest BCUT2D eigenvalue weighted by atomic mass is 10.1. The third-order valence-electron chi connectivity index (χ3n) is 3.73. The van der Waals surface area contributed by atoms with Gasteiger partial charge in [-0.05, 0) is 36.4 Å². The van der Waals surface area contributed by atoms with Gasteiger partial charge in [0.05, 0.1) is 11.3 Å². The molecule has 1 N–H and O–H groups in total. The van der Waals surface area contributed by atoms with Crippen molar-refractivity contribution >= 4 is 11.6 Å². The van der Waals surface area contributed by atoms with E-state index in [1.165, 1.54) is 0 Å². The van der Waals surface area contributed by atoms with Crippen molar-refractivity contribution in [3.05, 3.63) is 41.2 Å². The van der Waals surface area contributed by atoms with Crippen LogP contribution in [0.2, 0.25) is 0 Å². The Balaban J connectivity index is 1.89. The fourth-order valence-electron chi connectivity index (χ4n) is 2.51. The summed E-state index contributed by atoms with van der Waals surface area (Å²) in [5, 5.41) is 18.6. The molecule has 2 aromatic heterocycles. The van der Waals surface area contributed by atoms with Crippen molar-refractivity contribution in [2.45, 2.75) is 13.8 Å². The normalized spacial score (nSPS) is 10.8. The van der Waals surface area contributed by atoms with Gasteiger partial charge in [-0.2, -0.15) is 5.10 Å². The number of hydrogen-bond acceptors (Lipinski definition) is 5. The molecular formula is C15H17N7O. The van der Waals surface area contributed by atoms with E-state index in [-0.39, 0.29) is 5.91 Å². The standard InChI is InChI=1S/C15H17N7O/c1-9-13(10(2)21(3)18-9)15(23)16-12-7-5-6-11(8-12)14-17-19-20-22(14)4/h5-8H,1-4H3,(H,16,23). The lowest BCUT2D eigenvalue weighted by molar-refractivity contribution is 0.102. The second kappa shape index (κ2) is 5.64. The minimum Gasteiger partial charge on any atom is -0.322 e. The van der Waals surface area contributed by atoms with E-state index in [0.29, 0.717) is 22.8 Å². The molecule has 0 bridgehead atoms. The molecule has 1 amide bonds. The number of benzene rings is 1. The summed E-state index contributed by atoms with van der Waals surface area (Å²) in [5.74, 6) is 0.455. The number of tetrazole rings is 1. The van der Waals surface area contributed by atoms with E-state index in [0.717, 1.165) is 11.3 Å². The number of nitrogens with zero attached hydrogens (tertiary/aromatic N) is 6. The lowest BCUT2D eigenvalue weighted by Crippen LogP contribution is -2.14. The summed E-state index contributed by atoms with van der Waals surface area (Å²) in [6.45, 7) is 3.69. The molecule has 8 heteroatoms. The zero-order valence-corrected chi connectivity index (χ0v) is 13.4. The van der Waals surface area contributed by atoms with Crippen LogP contribution in [-0.4, -0.2) is 35.9 Å². The number of aryl methyl sites for hydroxylation is 3. The number of nitrogens with one attached hydrogen (secondary N) is 1. The Labute approximate surface area is 133 Å². The molecule has 0 aliphatic carbocycles. The van der Waals surface area contributed by atoms with Gasteiger partial charge in [-0.3, -0.25) is 9.48 Å². The molecule has 1 aromatic carbocycles. The molecule has 0 radical (unpaired) electrons. The molecule has 0 fully saturated rings. The summed E-state index contributed by atoms with van der Waals surface area (Å²) in [6, 6.07) is 7.40. The van der Waals surface area contributed by atoms with Crippen LogP contribution in [0.15, 0.2) is 24.3 Å². The van der Waals surface area contributed by atoms with Crippen LogP contribution in [0.3, 0.4) is 0 Å². The molecule has 23 heavy (non-hydrogen) atoms. The van der Waals surface area contributed by atoms with Gasteiger partial charge in [-0.1, -0.05) is 12.1 Å². The summed E-state index contributed by atoms with van der Waals surface area (Å²) in [7, 11) is 3.59. The Morgan fingerprint density at radius 1 is 1.17 bits per heavy atom. The van der Waals surface area contributed by atoms with E-state index in [1.807, 2.05) is 45.2 Å². The van der Waals surface area contributed by atoms with E-state index in [1.54, 1.807) is 16.4 Å². The van der Waals surface area contributed by atoms with Gasteiger partial charge >= 0.3 is 0 Å². The molecule has 0 spiro atoms. The smallest absolute Gasteiger partial charge is 0.259 e. The van der Waals surface area contributed by atoms with Crippen LogP contribution in [0.5, 0.6) is 0 Å². The summed E-state index contributed by atoms with van der Waals surface area (Å²) in [5.41, 5.74) is 3.64. The molecule has 3 rings (SSSR count). The van der Waals surface area contributed by atoms with Gasteiger partial charge in [-0.25, -0.2) is 4.68 Å². The molecule has 8 nitrogen and oxygen atoms in total. The maximum absolute atomic E-state index is 12.5. The molecule has 0 saturated heterocycles. The van der Waals surface area contributed by atoms with Crippen LogP contribution < -0.4 is 5.32 Å². The first-order chi connectivity index (χ1) is 11.0. The Kier molecular flexibility index (Phi) is 3.65. The molecule has 0 aliphatic heterocycles. The zero-order valence-electron chi connectivity index (χ0n) is 13.4. The van der Waals surface area contributed by atoms with Gasteiger partial charge in [0.25, 0.3) is 5.91 Å². The van der Waals surface area contributed by atoms with Crippen molar-refractivity contribution < 1.29 is 4.79 Å². The fourth-order valence-corrected chi connectivity index (χ4v) is 2.51. The molecule has 3 aromatic rings. The number of anilines is 1. The molecule has 0 atom stereocenters. The van der Waals surface area contributed by atoms with Crippen molar-refractivity contribution in [2.75, 3.05) is 5.32 Å². The highest BCUT2D eigenvalue weighted by Crippen LogP contribution is 2.21. The summed E-state index contributed by atoms with van der Waals surface area (Å²) < 4.78 is 3.28. The largest absolute Gasteiger partial charge is 0.322 e. The van der Waals surface area contributed by atoms with Crippen LogP contribution in [0, 0.1) is 13.8 Å². The first-order valence-corrected chi connectivity index (χ1v) is 7.11. The van der Waals surface area contributed by atoms with Crippen molar-refractivity contribution in [3.63, 3.8) is 0 Å². The first-order valence-electron chi connectivity index (χ1n) is 7.11. The lowest BCUT2D eigenvalue weighted by Gasteiger charge is -2.07. The molecule has 0 aliphatic rings. The van der Waals surface area contributed by atoms with Gasteiger partial charge in [0.2, 0.25) is 0 Å². The van der Waals surface area contributed by atoms with Gasteiger partial charge in [-0.15, -0.1) is 5.10 Å². The zero-order chi connectivity index (χ0) is 16.6. The fraction of sp³-hybridized carbons (Fsp3) is 0.267. The first kappa shape index (κ1) is 14.9. The predicted molar refractivity (Wildman–Crippen MR) is 84.9 cm³/mol. The average Bonchev–Trinajstić information content (AvgIpc) is 3.03. The van der Waals surface area contributed by atoms with Crippen LogP contribution in [0.1, 0.15) is 21.7 Å². The Morgan fingerprint density at radius 3 is 2.57 bits per heavy atom.